The third-order valence-electron chi connectivity index (χ3n) is 2.30. The molecular weight excluding hydrogens is 202 g/mol. The van der Waals surface area contributed by atoms with Crippen LogP contribution in [0.25, 0.3) is 0 Å². The normalized spacial score (nSPS) is 10.5. The third kappa shape index (κ3) is 3.43. The second kappa shape index (κ2) is 5.97. The molecule has 2 heterocycles. The van der Waals surface area contributed by atoms with Crippen molar-refractivity contribution in [1.82, 2.24) is 25.3 Å². The summed E-state index contributed by atoms with van der Waals surface area (Å²) in [5, 5.41) is 11.0. The number of pyridine rings is 1. The number of aromatic nitrogens is 4. The molecule has 0 aliphatic carbocycles. The van der Waals surface area contributed by atoms with Gasteiger partial charge in [-0.1, -0.05) is 11.3 Å². The van der Waals surface area contributed by atoms with Crippen molar-refractivity contribution in [1.29, 1.82) is 0 Å². The molecule has 0 aliphatic rings. The summed E-state index contributed by atoms with van der Waals surface area (Å²) in [4.78, 5) is 4.07. The zero-order chi connectivity index (χ0) is 11.1. The number of nitrogens with zero attached hydrogens (tertiary/aromatic N) is 4. The van der Waals surface area contributed by atoms with Gasteiger partial charge in [0.2, 0.25) is 0 Å². The van der Waals surface area contributed by atoms with Crippen LogP contribution >= 0.6 is 0 Å². The van der Waals surface area contributed by atoms with Crippen molar-refractivity contribution >= 4 is 0 Å². The van der Waals surface area contributed by atoms with E-state index in [-0.39, 0.29) is 0 Å². The summed E-state index contributed by atoms with van der Waals surface area (Å²) in [7, 11) is 0. The summed E-state index contributed by atoms with van der Waals surface area (Å²) in [6.45, 7) is 2.72. The smallest absolute Gasteiger partial charge is 0.0692 e. The van der Waals surface area contributed by atoms with Gasteiger partial charge in [0, 0.05) is 25.1 Å². The molecule has 2 aromatic heterocycles. The molecule has 0 spiro atoms. The summed E-state index contributed by atoms with van der Waals surface area (Å²) in [5.74, 6) is 0. The number of rotatable bonds is 6. The van der Waals surface area contributed by atoms with E-state index in [1.165, 1.54) is 5.56 Å². The van der Waals surface area contributed by atoms with Gasteiger partial charge in [-0.05, 0) is 24.6 Å². The second-order valence-corrected chi connectivity index (χ2v) is 3.53. The van der Waals surface area contributed by atoms with Gasteiger partial charge >= 0.3 is 0 Å². The molecule has 0 bridgehead atoms. The Hall–Kier alpha value is -1.75. The summed E-state index contributed by atoms with van der Waals surface area (Å²) < 4.78 is 1.82. The second-order valence-electron chi connectivity index (χ2n) is 3.53. The Labute approximate surface area is 94.5 Å². The number of hydrogen-bond donors (Lipinski definition) is 1. The Balaban J connectivity index is 1.59. The minimum absolute atomic E-state index is 0.854. The monoisotopic (exact) mass is 217 g/mol. The Morgan fingerprint density at radius 3 is 3.00 bits per heavy atom. The van der Waals surface area contributed by atoms with Gasteiger partial charge in [0.1, 0.15) is 0 Å². The molecule has 0 amide bonds. The average molecular weight is 217 g/mol. The summed E-state index contributed by atoms with van der Waals surface area (Å²) in [5.41, 5.74) is 1.26. The van der Waals surface area contributed by atoms with E-state index in [0.29, 0.717) is 0 Å². The Morgan fingerprint density at radius 1 is 1.25 bits per heavy atom. The molecule has 84 valence electrons. The molecule has 0 saturated heterocycles. The highest BCUT2D eigenvalue weighted by molar-refractivity contribution is 5.08. The van der Waals surface area contributed by atoms with Crippen LogP contribution in [0.2, 0.25) is 0 Å². The molecular formula is C11H15N5. The van der Waals surface area contributed by atoms with Crippen LogP contribution in [-0.4, -0.2) is 33.1 Å². The molecule has 16 heavy (non-hydrogen) atoms. The van der Waals surface area contributed by atoms with Crippen LogP contribution in [0.1, 0.15) is 5.56 Å². The van der Waals surface area contributed by atoms with Crippen molar-refractivity contribution in [2.45, 2.75) is 13.0 Å². The molecule has 2 aromatic rings. The zero-order valence-corrected chi connectivity index (χ0v) is 9.08. The van der Waals surface area contributed by atoms with Gasteiger partial charge in [0.25, 0.3) is 0 Å². The van der Waals surface area contributed by atoms with E-state index in [0.717, 1.165) is 26.1 Å². The summed E-state index contributed by atoms with van der Waals surface area (Å²) >= 11 is 0. The van der Waals surface area contributed by atoms with Crippen LogP contribution in [0.15, 0.2) is 36.9 Å². The Morgan fingerprint density at radius 2 is 2.25 bits per heavy atom. The number of nitrogens with one attached hydrogen (secondary N) is 1. The van der Waals surface area contributed by atoms with Crippen molar-refractivity contribution in [2.75, 3.05) is 13.1 Å². The van der Waals surface area contributed by atoms with Crippen LogP contribution in [-0.2, 0) is 13.0 Å². The first-order chi connectivity index (χ1) is 7.95. The molecule has 1 N–H and O–H groups in total. The maximum absolute atomic E-state index is 4.07. The highest BCUT2D eigenvalue weighted by Gasteiger charge is 1.93. The zero-order valence-electron chi connectivity index (χ0n) is 9.08. The fourth-order valence-corrected chi connectivity index (χ4v) is 1.45. The van der Waals surface area contributed by atoms with Crippen molar-refractivity contribution in [3.05, 3.63) is 42.5 Å². The molecule has 0 atom stereocenters. The number of hydrogen-bond acceptors (Lipinski definition) is 4. The first kappa shape index (κ1) is 10.8. The van der Waals surface area contributed by atoms with Gasteiger partial charge in [0.05, 0.1) is 12.7 Å². The fourth-order valence-electron chi connectivity index (χ4n) is 1.45. The van der Waals surface area contributed by atoms with Crippen LogP contribution in [0.3, 0.4) is 0 Å². The maximum atomic E-state index is 4.07. The van der Waals surface area contributed by atoms with Gasteiger partial charge in [-0.25, -0.2) is 0 Å². The first-order valence-electron chi connectivity index (χ1n) is 5.39. The van der Waals surface area contributed by atoms with Gasteiger partial charge < -0.3 is 5.32 Å². The molecule has 0 radical (unpaired) electrons. The lowest BCUT2D eigenvalue weighted by atomic mass is 10.2. The predicted octanol–water partition coefficient (Wildman–Crippen LogP) is 0.505. The lowest BCUT2D eigenvalue weighted by molar-refractivity contribution is 0.541. The molecule has 2 rings (SSSR count). The van der Waals surface area contributed by atoms with Crippen molar-refractivity contribution in [3.63, 3.8) is 0 Å². The van der Waals surface area contributed by atoms with E-state index >= 15 is 0 Å². The minimum Gasteiger partial charge on any atom is -0.315 e. The van der Waals surface area contributed by atoms with Crippen molar-refractivity contribution < 1.29 is 0 Å². The van der Waals surface area contributed by atoms with E-state index in [1.807, 2.05) is 23.1 Å². The minimum atomic E-state index is 0.854. The van der Waals surface area contributed by atoms with E-state index in [1.54, 1.807) is 12.4 Å². The highest BCUT2D eigenvalue weighted by atomic mass is 15.4. The third-order valence-corrected chi connectivity index (χ3v) is 2.30. The molecule has 0 aliphatic heterocycles. The Bertz CT molecular complexity index is 384. The molecule has 0 unspecified atom stereocenters. The summed E-state index contributed by atoms with van der Waals surface area (Å²) in [6.07, 6.45) is 8.25. The van der Waals surface area contributed by atoms with Gasteiger partial charge in [-0.2, -0.15) is 0 Å². The molecule has 0 aromatic carbocycles. The lowest BCUT2D eigenvalue weighted by Gasteiger charge is -2.04. The van der Waals surface area contributed by atoms with Gasteiger partial charge in [-0.3, -0.25) is 9.67 Å². The van der Waals surface area contributed by atoms with Crippen LogP contribution in [0.4, 0.5) is 0 Å². The fraction of sp³-hybridized carbons (Fsp3) is 0.364. The quantitative estimate of drug-likeness (QED) is 0.716. The van der Waals surface area contributed by atoms with E-state index in [4.69, 9.17) is 0 Å². The van der Waals surface area contributed by atoms with E-state index in [9.17, 15) is 0 Å². The highest BCUT2D eigenvalue weighted by Crippen LogP contribution is 1.95. The topological polar surface area (TPSA) is 55.6 Å². The van der Waals surface area contributed by atoms with Gasteiger partial charge in [-0.15, -0.1) is 5.10 Å². The summed E-state index contributed by atoms with van der Waals surface area (Å²) in [6, 6.07) is 4.05. The lowest BCUT2D eigenvalue weighted by Crippen LogP contribution is -2.22. The van der Waals surface area contributed by atoms with E-state index < -0.39 is 0 Å². The first-order valence-corrected chi connectivity index (χ1v) is 5.39. The SMILES string of the molecule is c1cncc(CCNCCn2ccnn2)c1. The molecule has 5 heteroatoms. The molecule has 5 nitrogen and oxygen atoms in total. The van der Waals surface area contributed by atoms with Crippen LogP contribution in [0.5, 0.6) is 0 Å². The Kier molecular flexibility index (Phi) is 4.01. The predicted molar refractivity (Wildman–Crippen MR) is 60.8 cm³/mol. The molecule has 0 fully saturated rings. The van der Waals surface area contributed by atoms with Crippen LogP contribution < -0.4 is 5.32 Å². The molecule has 0 saturated carbocycles. The largest absolute Gasteiger partial charge is 0.315 e. The maximum Gasteiger partial charge on any atom is 0.0692 e. The van der Waals surface area contributed by atoms with Gasteiger partial charge in [0.15, 0.2) is 0 Å². The van der Waals surface area contributed by atoms with E-state index in [2.05, 4.69) is 26.7 Å². The van der Waals surface area contributed by atoms with Crippen LogP contribution in [0, 0.1) is 0 Å². The average Bonchev–Trinajstić information content (AvgIpc) is 2.83. The van der Waals surface area contributed by atoms with Crippen molar-refractivity contribution in [2.24, 2.45) is 0 Å². The standard InChI is InChI=1S/C11H15N5/c1-2-11(10-13-4-1)3-5-12-6-8-16-9-7-14-15-16/h1-2,4,7,9-10,12H,3,5-6,8H2. The van der Waals surface area contributed by atoms with Crippen molar-refractivity contribution in [3.8, 4) is 0 Å².